The van der Waals surface area contributed by atoms with Gasteiger partial charge in [0.1, 0.15) is 11.6 Å². The lowest BCUT2D eigenvalue weighted by Gasteiger charge is -2.34. The topological polar surface area (TPSA) is 18.5 Å². The first-order chi connectivity index (χ1) is 15.4. The van der Waals surface area contributed by atoms with Gasteiger partial charge in [-0.05, 0) is 47.2 Å². The van der Waals surface area contributed by atoms with E-state index in [0.717, 1.165) is 11.1 Å². The molecule has 4 rings (SSSR count). The van der Waals surface area contributed by atoms with Crippen molar-refractivity contribution < 1.29 is 22.6 Å². The van der Waals surface area contributed by atoms with Crippen molar-refractivity contribution >= 4 is 0 Å². The van der Waals surface area contributed by atoms with E-state index in [1.54, 1.807) is 18.2 Å². The molecule has 32 heavy (non-hydrogen) atoms. The van der Waals surface area contributed by atoms with Crippen molar-refractivity contribution in [3.8, 4) is 22.3 Å². The van der Waals surface area contributed by atoms with Crippen molar-refractivity contribution in [2.24, 2.45) is 0 Å². The Bertz CT molecular complexity index is 1070. The molecule has 0 aromatic heterocycles. The van der Waals surface area contributed by atoms with Crippen LogP contribution in [0.2, 0.25) is 0 Å². The summed E-state index contributed by atoms with van der Waals surface area (Å²) in [6.07, 6.45) is 0.945. The lowest BCUT2D eigenvalue weighted by atomic mass is 9.98. The van der Waals surface area contributed by atoms with E-state index in [2.05, 4.69) is 0 Å². The molecule has 0 bridgehead atoms. The van der Waals surface area contributed by atoms with Gasteiger partial charge in [-0.15, -0.1) is 0 Å². The summed E-state index contributed by atoms with van der Waals surface area (Å²) < 4.78 is 54.6. The zero-order chi connectivity index (χ0) is 22.7. The molecule has 3 aromatic carbocycles. The van der Waals surface area contributed by atoms with Gasteiger partial charge in [0.05, 0.1) is 13.2 Å². The monoisotopic (exact) mass is 440 g/mol. The Hall–Kier alpha value is -2.63. The molecule has 1 aliphatic rings. The van der Waals surface area contributed by atoms with Crippen LogP contribution in [0.5, 0.6) is 0 Å². The molecular weight excluding hydrogens is 413 g/mol. The van der Waals surface area contributed by atoms with E-state index in [0.29, 0.717) is 41.5 Å². The fourth-order valence-electron chi connectivity index (χ4n) is 4.09. The first kappa shape index (κ1) is 22.6. The quantitative estimate of drug-likeness (QED) is 0.397. The van der Waals surface area contributed by atoms with Crippen molar-refractivity contribution in [2.75, 3.05) is 13.2 Å². The van der Waals surface area contributed by atoms with Crippen LogP contribution in [0.15, 0.2) is 60.7 Å². The first-order valence-corrected chi connectivity index (χ1v) is 11.0. The third kappa shape index (κ3) is 4.74. The summed E-state index contributed by atoms with van der Waals surface area (Å²) in [5, 5.41) is 0. The van der Waals surface area contributed by atoms with Crippen LogP contribution >= 0.6 is 0 Å². The maximum Gasteiger partial charge on any atom is 0.184 e. The molecule has 0 spiro atoms. The van der Waals surface area contributed by atoms with Gasteiger partial charge in [-0.3, -0.25) is 0 Å². The van der Waals surface area contributed by atoms with Gasteiger partial charge in [0.2, 0.25) is 0 Å². The predicted molar refractivity (Wildman–Crippen MR) is 120 cm³/mol. The predicted octanol–water partition coefficient (Wildman–Crippen LogP) is 7.42. The second-order valence-corrected chi connectivity index (χ2v) is 8.33. The van der Waals surface area contributed by atoms with Crippen LogP contribution in [0.3, 0.4) is 0 Å². The molecule has 0 amide bonds. The molecular formula is C27H27F3O2. The van der Waals surface area contributed by atoms with Crippen LogP contribution in [0.1, 0.15) is 44.1 Å². The number of aryl methyl sites for hydroxylation is 1. The molecule has 0 N–H and O–H groups in total. The molecule has 1 fully saturated rings. The lowest BCUT2D eigenvalue weighted by molar-refractivity contribution is -0.239. The Balaban J connectivity index is 1.49. The summed E-state index contributed by atoms with van der Waals surface area (Å²) in [6.45, 7) is 3.71. The summed E-state index contributed by atoms with van der Waals surface area (Å²) in [6, 6.07) is 17.3. The number of benzene rings is 3. The molecule has 1 aliphatic heterocycles. The Morgan fingerprint density at radius 1 is 0.812 bits per heavy atom. The third-order valence-corrected chi connectivity index (χ3v) is 5.91. The van der Waals surface area contributed by atoms with Crippen LogP contribution in [0, 0.1) is 11.6 Å². The minimum atomic E-state index is -1.48. The number of ether oxygens (including phenoxy) is 2. The highest BCUT2D eigenvalue weighted by molar-refractivity contribution is 5.71. The summed E-state index contributed by atoms with van der Waals surface area (Å²) >= 11 is 0. The van der Waals surface area contributed by atoms with E-state index < -0.39 is 17.8 Å². The van der Waals surface area contributed by atoms with E-state index in [9.17, 15) is 13.2 Å². The Morgan fingerprint density at radius 3 is 2.06 bits per heavy atom. The second kappa shape index (κ2) is 9.47. The Morgan fingerprint density at radius 2 is 1.47 bits per heavy atom. The number of halogens is 3. The van der Waals surface area contributed by atoms with Gasteiger partial charge in [-0.1, -0.05) is 68.8 Å². The summed E-state index contributed by atoms with van der Waals surface area (Å²) in [5.74, 6) is -0.631. The fourth-order valence-corrected chi connectivity index (χ4v) is 4.09. The fraction of sp³-hybridized carbons (Fsp3) is 0.333. The minimum Gasteiger partial charge on any atom is -0.345 e. The molecule has 0 radical (unpaired) electrons. The summed E-state index contributed by atoms with van der Waals surface area (Å²) in [4.78, 5) is 0. The van der Waals surface area contributed by atoms with Crippen LogP contribution in [0.4, 0.5) is 13.2 Å². The molecule has 0 unspecified atom stereocenters. The highest BCUT2D eigenvalue weighted by atomic mass is 19.1. The zero-order valence-corrected chi connectivity index (χ0v) is 18.3. The van der Waals surface area contributed by atoms with Crippen LogP contribution in [-0.2, 0) is 15.9 Å². The number of hydrogen-bond donors (Lipinski definition) is 0. The van der Waals surface area contributed by atoms with E-state index >= 15 is 0 Å². The molecule has 3 aromatic rings. The molecule has 0 aliphatic carbocycles. The van der Waals surface area contributed by atoms with Crippen molar-refractivity contribution in [1.82, 2.24) is 0 Å². The minimum absolute atomic E-state index is 0.0594. The molecule has 1 heterocycles. The average Bonchev–Trinajstić information content (AvgIpc) is 2.80. The summed E-state index contributed by atoms with van der Waals surface area (Å²) in [5.41, 5.74) is 2.51. The van der Waals surface area contributed by atoms with Gasteiger partial charge < -0.3 is 9.47 Å². The van der Waals surface area contributed by atoms with Crippen molar-refractivity contribution in [3.05, 3.63) is 83.4 Å². The third-order valence-electron chi connectivity index (χ3n) is 5.91. The SMILES string of the molecule is CCCC1(F)COC(c2ccc(-c3ccc(-c4ccc(CC)c(F)c4)cc3)c(F)c2)OC1. The van der Waals surface area contributed by atoms with Gasteiger partial charge in [-0.25, -0.2) is 13.2 Å². The summed E-state index contributed by atoms with van der Waals surface area (Å²) in [7, 11) is 0. The van der Waals surface area contributed by atoms with E-state index in [-0.39, 0.29) is 19.0 Å². The zero-order valence-electron chi connectivity index (χ0n) is 18.3. The van der Waals surface area contributed by atoms with Crippen molar-refractivity contribution in [2.45, 2.75) is 45.1 Å². The maximum atomic E-state index is 14.9. The second-order valence-electron chi connectivity index (χ2n) is 8.33. The van der Waals surface area contributed by atoms with E-state index in [1.807, 2.05) is 44.2 Å². The average molecular weight is 441 g/mol. The molecule has 0 atom stereocenters. The smallest absolute Gasteiger partial charge is 0.184 e. The van der Waals surface area contributed by atoms with Gasteiger partial charge in [0.15, 0.2) is 12.0 Å². The van der Waals surface area contributed by atoms with E-state index in [1.165, 1.54) is 12.1 Å². The highest BCUT2D eigenvalue weighted by Gasteiger charge is 2.36. The highest BCUT2D eigenvalue weighted by Crippen LogP contribution is 2.34. The molecule has 1 saturated heterocycles. The Labute approximate surface area is 187 Å². The van der Waals surface area contributed by atoms with Gasteiger partial charge in [0.25, 0.3) is 0 Å². The standard InChI is InChI=1S/C27H27F3O2/c1-3-13-27(30)16-31-26(32-17-27)22-11-12-23(25(29)15-22)20-8-6-19(7-9-20)21-10-5-18(4-2)24(28)14-21/h5-12,14-15,26H,3-4,13,16-17H2,1-2H3. The molecule has 0 saturated carbocycles. The van der Waals surface area contributed by atoms with Gasteiger partial charge >= 0.3 is 0 Å². The van der Waals surface area contributed by atoms with Gasteiger partial charge in [0, 0.05) is 11.1 Å². The van der Waals surface area contributed by atoms with E-state index in [4.69, 9.17) is 9.47 Å². The van der Waals surface area contributed by atoms with Crippen LogP contribution in [-0.4, -0.2) is 18.9 Å². The molecule has 2 nitrogen and oxygen atoms in total. The number of hydrogen-bond acceptors (Lipinski definition) is 2. The Kier molecular flexibility index (Phi) is 6.68. The lowest BCUT2D eigenvalue weighted by Crippen LogP contribution is -2.41. The van der Waals surface area contributed by atoms with Crippen LogP contribution < -0.4 is 0 Å². The number of alkyl halides is 1. The van der Waals surface area contributed by atoms with Gasteiger partial charge in [-0.2, -0.15) is 0 Å². The first-order valence-electron chi connectivity index (χ1n) is 11.0. The normalized spacial score (nSPS) is 21.0. The van der Waals surface area contributed by atoms with Crippen LogP contribution in [0.25, 0.3) is 22.3 Å². The van der Waals surface area contributed by atoms with Crippen molar-refractivity contribution in [1.29, 1.82) is 0 Å². The largest absolute Gasteiger partial charge is 0.345 e. The van der Waals surface area contributed by atoms with Crippen molar-refractivity contribution in [3.63, 3.8) is 0 Å². The molecule has 5 heteroatoms. The molecule has 168 valence electrons. The number of rotatable bonds is 6. The maximum absolute atomic E-state index is 14.9.